The zero-order valence-electron chi connectivity index (χ0n) is 13.1. The van der Waals surface area contributed by atoms with Crippen LogP contribution >= 0.6 is 15.9 Å². The Morgan fingerprint density at radius 3 is 2.86 bits per heavy atom. The minimum absolute atomic E-state index is 0.0937. The van der Waals surface area contributed by atoms with E-state index in [1.807, 2.05) is 11.6 Å². The van der Waals surface area contributed by atoms with Crippen LogP contribution in [0.5, 0.6) is 0 Å². The van der Waals surface area contributed by atoms with E-state index >= 15 is 4.39 Å². The largest absolute Gasteiger partial charge is 0.379 e. The molecule has 0 spiro atoms. The van der Waals surface area contributed by atoms with Crippen molar-refractivity contribution >= 4 is 15.9 Å². The Kier molecular flexibility index (Phi) is 5.80. The number of nitrogens with zero attached hydrogens (tertiary/aromatic N) is 2. The number of hydrogen-bond donors (Lipinski definition) is 1. The van der Waals surface area contributed by atoms with E-state index in [-0.39, 0.29) is 6.04 Å². The number of ether oxygens (including phenoxy) is 1. The Bertz CT molecular complexity index is 470. The van der Waals surface area contributed by atoms with Gasteiger partial charge in [0.15, 0.2) is 0 Å². The second-order valence-electron chi connectivity index (χ2n) is 5.90. The third-order valence-corrected chi connectivity index (χ3v) is 4.82. The number of nitrogens with one attached hydrogen (secondary N) is 1. The molecule has 4 nitrogen and oxygen atoms in total. The highest BCUT2D eigenvalue weighted by Crippen LogP contribution is 2.30. The molecule has 0 aliphatic carbocycles. The normalized spacial score (nSPS) is 22.2. The lowest BCUT2D eigenvalue weighted by atomic mass is 9.93. The third-order valence-electron chi connectivity index (χ3n) is 3.90. The Morgan fingerprint density at radius 1 is 1.52 bits per heavy atom. The minimum Gasteiger partial charge on any atom is -0.379 e. The number of aryl methyl sites for hydroxylation is 2. The van der Waals surface area contributed by atoms with E-state index in [0.717, 1.165) is 35.4 Å². The lowest BCUT2D eigenvalue weighted by molar-refractivity contribution is 0.0478. The minimum atomic E-state index is -1.28. The molecular formula is C15H25BrFN3O. The molecule has 0 saturated carbocycles. The summed E-state index contributed by atoms with van der Waals surface area (Å²) in [5, 5.41) is 7.86. The number of aromatic nitrogens is 2. The monoisotopic (exact) mass is 361 g/mol. The molecular weight excluding hydrogens is 337 g/mol. The summed E-state index contributed by atoms with van der Waals surface area (Å²) in [7, 11) is 0. The summed E-state index contributed by atoms with van der Waals surface area (Å²) in [5.74, 6) is 0. The summed E-state index contributed by atoms with van der Waals surface area (Å²) in [6, 6.07) is 0.0937. The number of rotatable bonds is 6. The molecule has 2 heterocycles. The Labute approximate surface area is 134 Å². The number of alkyl halides is 1. The van der Waals surface area contributed by atoms with Gasteiger partial charge in [0.1, 0.15) is 5.67 Å². The molecule has 0 aromatic carbocycles. The van der Waals surface area contributed by atoms with Crippen LogP contribution in [0.4, 0.5) is 4.39 Å². The van der Waals surface area contributed by atoms with Crippen molar-refractivity contribution < 1.29 is 9.13 Å². The van der Waals surface area contributed by atoms with Crippen LogP contribution in [0.1, 0.15) is 38.6 Å². The van der Waals surface area contributed by atoms with Crippen molar-refractivity contribution in [2.75, 3.05) is 19.8 Å². The highest BCUT2D eigenvalue weighted by atomic mass is 79.9. The van der Waals surface area contributed by atoms with E-state index in [4.69, 9.17) is 4.74 Å². The summed E-state index contributed by atoms with van der Waals surface area (Å²) >= 11 is 3.59. The Hall–Kier alpha value is -0.460. The highest BCUT2D eigenvalue weighted by molar-refractivity contribution is 9.10. The van der Waals surface area contributed by atoms with E-state index in [9.17, 15) is 0 Å². The maximum absolute atomic E-state index is 15.0. The predicted molar refractivity (Wildman–Crippen MR) is 85.4 cm³/mol. The Morgan fingerprint density at radius 2 is 2.29 bits per heavy atom. The van der Waals surface area contributed by atoms with Crippen molar-refractivity contribution in [2.24, 2.45) is 0 Å². The SMILES string of the molecule is CCc1nn(CC)c(CC(C)(F)CC2COCCN2)c1Br. The van der Waals surface area contributed by atoms with E-state index in [2.05, 4.69) is 33.3 Å². The van der Waals surface area contributed by atoms with Gasteiger partial charge in [-0.3, -0.25) is 4.68 Å². The quantitative estimate of drug-likeness (QED) is 0.846. The first-order valence-electron chi connectivity index (χ1n) is 7.71. The average Bonchev–Trinajstić information content (AvgIpc) is 2.75. The van der Waals surface area contributed by atoms with Crippen LogP contribution < -0.4 is 5.32 Å². The molecule has 120 valence electrons. The smallest absolute Gasteiger partial charge is 0.115 e. The molecule has 1 aliphatic rings. The highest BCUT2D eigenvalue weighted by Gasteiger charge is 2.32. The maximum atomic E-state index is 15.0. The van der Waals surface area contributed by atoms with Gasteiger partial charge in [-0.15, -0.1) is 0 Å². The van der Waals surface area contributed by atoms with E-state index in [0.29, 0.717) is 26.1 Å². The summed E-state index contributed by atoms with van der Waals surface area (Å²) in [4.78, 5) is 0. The predicted octanol–water partition coefficient (Wildman–Crippen LogP) is 2.88. The second-order valence-corrected chi connectivity index (χ2v) is 6.69. The fraction of sp³-hybridized carbons (Fsp3) is 0.800. The maximum Gasteiger partial charge on any atom is 0.115 e. The fourth-order valence-corrected chi connectivity index (χ4v) is 3.58. The molecule has 2 rings (SSSR count). The van der Waals surface area contributed by atoms with Crippen molar-refractivity contribution in [3.05, 3.63) is 15.9 Å². The zero-order chi connectivity index (χ0) is 15.5. The molecule has 1 N–H and O–H groups in total. The molecule has 1 fully saturated rings. The molecule has 0 amide bonds. The van der Waals surface area contributed by atoms with Crippen molar-refractivity contribution in [3.63, 3.8) is 0 Å². The lowest BCUT2D eigenvalue weighted by Crippen LogP contribution is -2.45. The standard InChI is InChI=1S/C15H25BrFN3O/c1-4-12-14(16)13(20(5-2)19-12)9-15(3,17)8-11-10-21-7-6-18-11/h11,18H,4-10H2,1-3H3. The van der Waals surface area contributed by atoms with Gasteiger partial charge in [-0.2, -0.15) is 5.10 Å². The van der Waals surface area contributed by atoms with Gasteiger partial charge in [0.2, 0.25) is 0 Å². The third kappa shape index (κ3) is 4.27. The van der Waals surface area contributed by atoms with Crippen molar-refractivity contribution in [3.8, 4) is 0 Å². The molecule has 6 heteroatoms. The summed E-state index contributed by atoms with van der Waals surface area (Å²) < 4.78 is 23.3. The molecule has 1 saturated heterocycles. The van der Waals surface area contributed by atoms with Crippen LogP contribution in [-0.4, -0.2) is 41.2 Å². The summed E-state index contributed by atoms with van der Waals surface area (Å²) in [6.07, 6.45) is 1.67. The fourth-order valence-electron chi connectivity index (χ4n) is 2.87. The van der Waals surface area contributed by atoms with E-state index in [1.165, 1.54) is 0 Å². The topological polar surface area (TPSA) is 39.1 Å². The first-order valence-corrected chi connectivity index (χ1v) is 8.50. The van der Waals surface area contributed by atoms with Crippen LogP contribution in [0.15, 0.2) is 4.47 Å². The van der Waals surface area contributed by atoms with Gasteiger partial charge in [-0.25, -0.2) is 4.39 Å². The lowest BCUT2D eigenvalue weighted by Gasteiger charge is -2.30. The van der Waals surface area contributed by atoms with Crippen LogP contribution in [-0.2, 0) is 24.1 Å². The van der Waals surface area contributed by atoms with E-state index in [1.54, 1.807) is 6.92 Å². The van der Waals surface area contributed by atoms with Gasteiger partial charge < -0.3 is 10.1 Å². The van der Waals surface area contributed by atoms with Gasteiger partial charge in [-0.1, -0.05) is 6.92 Å². The molecule has 0 radical (unpaired) electrons. The van der Waals surface area contributed by atoms with Crippen molar-refractivity contribution in [1.82, 2.24) is 15.1 Å². The van der Waals surface area contributed by atoms with Gasteiger partial charge in [0, 0.05) is 25.6 Å². The first-order chi connectivity index (χ1) is 9.96. The van der Waals surface area contributed by atoms with Crippen LogP contribution in [0, 0.1) is 0 Å². The van der Waals surface area contributed by atoms with Crippen LogP contribution in [0.2, 0.25) is 0 Å². The first kappa shape index (κ1) is 16.9. The molecule has 2 unspecified atom stereocenters. The van der Waals surface area contributed by atoms with Crippen molar-refractivity contribution in [2.45, 2.75) is 58.3 Å². The van der Waals surface area contributed by atoms with Gasteiger partial charge >= 0.3 is 0 Å². The van der Waals surface area contributed by atoms with Crippen LogP contribution in [0.25, 0.3) is 0 Å². The molecule has 1 aromatic heterocycles. The van der Waals surface area contributed by atoms with Gasteiger partial charge in [0.05, 0.1) is 29.1 Å². The number of hydrogen-bond acceptors (Lipinski definition) is 3. The van der Waals surface area contributed by atoms with Gasteiger partial charge in [0.25, 0.3) is 0 Å². The molecule has 21 heavy (non-hydrogen) atoms. The average molecular weight is 362 g/mol. The van der Waals surface area contributed by atoms with Gasteiger partial charge in [-0.05, 0) is 42.6 Å². The van der Waals surface area contributed by atoms with Crippen LogP contribution in [0.3, 0.4) is 0 Å². The van der Waals surface area contributed by atoms with E-state index < -0.39 is 5.67 Å². The molecule has 1 aromatic rings. The number of halogens is 2. The Balaban J connectivity index is 2.09. The zero-order valence-corrected chi connectivity index (χ0v) is 14.7. The molecule has 0 bridgehead atoms. The van der Waals surface area contributed by atoms with Crippen molar-refractivity contribution in [1.29, 1.82) is 0 Å². The molecule has 1 aliphatic heterocycles. The summed E-state index contributed by atoms with van der Waals surface area (Å²) in [6.45, 7) is 8.64. The number of morpholine rings is 1. The molecule has 2 atom stereocenters. The second kappa shape index (κ2) is 7.20. The summed E-state index contributed by atoms with van der Waals surface area (Å²) in [5.41, 5.74) is 0.677.